The lowest BCUT2D eigenvalue weighted by Crippen LogP contribution is -2.59. The lowest BCUT2D eigenvalue weighted by Gasteiger charge is -2.41. The van der Waals surface area contributed by atoms with Gasteiger partial charge in [0.25, 0.3) is 0 Å². The molecule has 1 saturated heterocycles. The lowest BCUT2D eigenvalue weighted by molar-refractivity contribution is -0.140. The third kappa shape index (κ3) is 8.42. The summed E-state index contributed by atoms with van der Waals surface area (Å²) >= 11 is 0. The van der Waals surface area contributed by atoms with Gasteiger partial charge < -0.3 is 30.7 Å². The van der Waals surface area contributed by atoms with Crippen molar-refractivity contribution in [3.63, 3.8) is 0 Å². The highest BCUT2D eigenvalue weighted by atomic mass is 35.5. The van der Waals surface area contributed by atoms with Gasteiger partial charge in [-0.05, 0) is 55.4 Å². The van der Waals surface area contributed by atoms with Gasteiger partial charge in [0.1, 0.15) is 12.6 Å². The summed E-state index contributed by atoms with van der Waals surface area (Å²) in [6.45, 7) is 4.84. The quantitative estimate of drug-likeness (QED) is 0.295. The van der Waals surface area contributed by atoms with Crippen molar-refractivity contribution in [2.45, 2.75) is 69.4 Å². The molecule has 1 spiro atoms. The number of halogens is 1. The zero-order chi connectivity index (χ0) is 31.2. The molecule has 1 fully saturated rings. The van der Waals surface area contributed by atoms with E-state index < -0.39 is 23.6 Å². The van der Waals surface area contributed by atoms with E-state index in [0.29, 0.717) is 19.7 Å². The van der Waals surface area contributed by atoms with Crippen molar-refractivity contribution in [1.82, 2.24) is 15.5 Å². The fourth-order valence-electron chi connectivity index (χ4n) is 6.17. The minimum Gasteiger partial charge on any atom is -0.445 e. The molecule has 1 heterocycles. The van der Waals surface area contributed by atoms with E-state index in [4.69, 9.17) is 15.2 Å². The number of fused-ring (bicyclic) bond motifs is 2. The van der Waals surface area contributed by atoms with Crippen LogP contribution in [-0.2, 0) is 37.7 Å². The number of ether oxygens (including phenoxy) is 2. The van der Waals surface area contributed by atoms with Crippen LogP contribution >= 0.6 is 12.4 Å². The van der Waals surface area contributed by atoms with Crippen molar-refractivity contribution in [3.05, 3.63) is 107 Å². The van der Waals surface area contributed by atoms with Crippen molar-refractivity contribution in [2.24, 2.45) is 5.73 Å². The molecule has 45 heavy (non-hydrogen) atoms. The highest BCUT2D eigenvalue weighted by molar-refractivity contribution is 5.91. The predicted molar refractivity (Wildman–Crippen MR) is 175 cm³/mol. The first kappa shape index (κ1) is 34.0. The number of nitrogens with zero attached hydrogens (tertiary/aromatic N) is 1. The molecule has 1 aliphatic heterocycles. The summed E-state index contributed by atoms with van der Waals surface area (Å²) in [6, 6.07) is 26.5. The van der Waals surface area contributed by atoms with Crippen LogP contribution in [0.5, 0.6) is 0 Å². The molecule has 9 nitrogen and oxygen atoms in total. The Morgan fingerprint density at radius 1 is 0.911 bits per heavy atom. The van der Waals surface area contributed by atoms with E-state index in [9.17, 15) is 14.4 Å². The minimum absolute atomic E-state index is 0. The first-order valence-corrected chi connectivity index (χ1v) is 15.2. The molecule has 0 radical (unpaired) electrons. The molecule has 3 aromatic rings. The summed E-state index contributed by atoms with van der Waals surface area (Å²) in [6.07, 6.45) is 1.76. The summed E-state index contributed by atoms with van der Waals surface area (Å²) in [4.78, 5) is 41.1. The van der Waals surface area contributed by atoms with Crippen LogP contribution in [0.3, 0.4) is 0 Å². The summed E-state index contributed by atoms with van der Waals surface area (Å²) in [5.41, 5.74) is 8.93. The maximum absolute atomic E-state index is 13.8. The third-order valence-corrected chi connectivity index (χ3v) is 8.62. The molecule has 3 amide bonds. The number of piperidine rings is 1. The zero-order valence-corrected chi connectivity index (χ0v) is 26.7. The highest BCUT2D eigenvalue weighted by Crippen LogP contribution is 2.50. The second-order valence-corrected chi connectivity index (χ2v) is 12.4. The van der Waals surface area contributed by atoms with Gasteiger partial charge >= 0.3 is 6.09 Å². The molecule has 3 aromatic carbocycles. The van der Waals surface area contributed by atoms with Gasteiger partial charge in [-0.25, -0.2) is 4.79 Å². The molecule has 1 unspecified atom stereocenters. The summed E-state index contributed by atoms with van der Waals surface area (Å²) in [7, 11) is 0. The molecule has 0 aromatic heterocycles. The Balaban J connectivity index is 0.00000461. The molecule has 0 bridgehead atoms. The molecule has 0 saturated carbocycles. The molecule has 4 N–H and O–H groups in total. The second kappa shape index (κ2) is 14.9. The van der Waals surface area contributed by atoms with Crippen LogP contribution in [0.15, 0.2) is 84.9 Å². The highest BCUT2D eigenvalue weighted by Gasteiger charge is 2.47. The Morgan fingerprint density at radius 3 is 2.11 bits per heavy atom. The monoisotopic (exact) mass is 634 g/mol. The Kier molecular flexibility index (Phi) is 11.3. The van der Waals surface area contributed by atoms with E-state index in [0.717, 1.165) is 36.0 Å². The summed E-state index contributed by atoms with van der Waals surface area (Å²) < 4.78 is 11.4. The van der Waals surface area contributed by atoms with Crippen LogP contribution in [-0.4, -0.2) is 54.1 Å². The van der Waals surface area contributed by atoms with Crippen LogP contribution in [0.4, 0.5) is 4.79 Å². The molecule has 240 valence electrons. The molecule has 2 atom stereocenters. The normalized spacial score (nSPS) is 17.5. The van der Waals surface area contributed by atoms with Crippen molar-refractivity contribution in [3.8, 4) is 0 Å². The van der Waals surface area contributed by atoms with Crippen molar-refractivity contribution >= 4 is 30.3 Å². The number of carbonyl (C=O) groups excluding carboxylic acids is 3. The van der Waals surface area contributed by atoms with E-state index in [1.54, 1.807) is 13.8 Å². The van der Waals surface area contributed by atoms with E-state index in [1.165, 1.54) is 5.56 Å². The number of hydrogen-bond donors (Lipinski definition) is 3. The van der Waals surface area contributed by atoms with Crippen LogP contribution in [0.1, 0.15) is 61.4 Å². The van der Waals surface area contributed by atoms with Crippen molar-refractivity contribution in [2.75, 3.05) is 19.7 Å². The van der Waals surface area contributed by atoms with Gasteiger partial charge in [-0.2, -0.15) is 0 Å². The van der Waals surface area contributed by atoms with E-state index in [-0.39, 0.29) is 43.0 Å². The van der Waals surface area contributed by atoms with Crippen LogP contribution in [0.25, 0.3) is 0 Å². The first-order chi connectivity index (χ1) is 21.1. The Bertz CT molecular complexity index is 1440. The van der Waals surface area contributed by atoms with Gasteiger partial charge in [-0.3, -0.25) is 9.59 Å². The van der Waals surface area contributed by atoms with Gasteiger partial charge in [-0.1, -0.05) is 84.9 Å². The average Bonchev–Trinajstić information content (AvgIpc) is 3.32. The number of likely N-dealkylation sites (tertiary alicyclic amines) is 1. The summed E-state index contributed by atoms with van der Waals surface area (Å²) in [5.74, 6) is -0.596. The van der Waals surface area contributed by atoms with E-state index >= 15 is 0 Å². The average molecular weight is 635 g/mol. The van der Waals surface area contributed by atoms with Crippen molar-refractivity contribution < 1.29 is 23.9 Å². The standard InChI is InChI=1S/C35H42N4O5.ClH/c1-34(2,36)32(41)37-30(24-43-22-25-11-5-3-6-12-25)31(40)39-19-17-35(18-20-39)21-29(27-15-9-10-16-28(27)35)38-33(42)44-23-26-13-7-4-8-14-26;/h3-16,29-30H,17-24,36H2,1-2H3,(H,37,41)(H,38,42);1H/t29?,30-;/m1./s1. The number of rotatable bonds is 10. The maximum Gasteiger partial charge on any atom is 0.407 e. The zero-order valence-electron chi connectivity index (χ0n) is 25.9. The Hall–Kier alpha value is -3.92. The number of alkyl carbamates (subject to hydrolysis) is 1. The second-order valence-electron chi connectivity index (χ2n) is 12.4. The number of benzene rings is 3. The molecular weight excluding hydrogens is 592 g/mol. The number of amides is 3. The number of nitrogens with two attached hydrogens (primary N) is 1. The smallest absolute Gasteiger partial charge is 0.407 e. The van der Waals surface area contributed by atoms with Crippen molar-refractivity contribution in [1.29, 1.82) is 0 Å². The first-order valence-electron chi connectivity index (χ1n) is 15.2. The van der Waals surface area contributed by atoms with Crippen LogP contribution in [0.2, 0.25) is 0 Å². The SMILES string of the molecule is CC(C)(N)C(=O)N[C@H](COCc1ccccc1)C(=O)N1CCC2(CC1)CC(NC(=O)OCc1ccccc1)c1ccccc12.Cl. The lowest BCUT2D eigenvalue weighted by atomic mass is 9.73. The Morgan fingerprint density at radius 2 is 1.49 bits per heavy atom. The van der Waals surface area contributed by atoms with Gasteiger partial charge in [0, 0.05) is 18.5 Å². The number of nitrogens with one attached hydrogen (secondary N) is 2. The van der Waals surface area contributed by atoms with Crippen LogP contribution < -0.4 is 16.4 Å². The molecule has 10 heteroatoms. The topological polar surface area (TPSA) is 123 Å². The van der Waals surface area contributed by atoms with Crippen LogP contribution in [0, 0.1) is 0 Å². The third-order valence-electron chi connectivity index (χ3n) is 8.62. The van der Waals surface area contributed by atoms with E-state index in [1.807, 2.05) is 77.7 Å². The molecule has 2 aliphatic rings. The Labute approximate surface area is 271 Å². The number of hydrogen-bond acceptors (Lipinski definition) is 6. The molecule has 5 rings (SSSR count). The fourth-order valence-corrected chi connectivity index (χ4v) is 6.17. The van der Waals surface area contributed by atoms with Gasteiger partial charge in [-0.15, -0.1) is 12.4 Å². The van der Waals surface area contributed by atoms with Gasteiger partial charge in [0.2, 0.25) is 11.8 Å². The number of carbonyl (C=O) groups is 3. The maximum atomic E-state index is 13.8. The minimum atomic E-state index is -1.14. The summed E-state index contributed by atoms with van der Waals surface area (Å²) in [5, 5.41) is 5.91. The fraction of sp³-hybridized carbons (Fsp3) is 0.400. The largest absolute Gasteiger partial charge is 0.445 e. The molecular formula is C35H43ClN4O5. The molecule has 1 aliphatic carbocycles. The van der Waals surface area contributed by atoms with Gasteiger partial charge in [0.05, 0.1) is 24.8 Å². The van der Waals surface area contributed by atoms with Gasteiger partial charge in [0.15, 0.2) is 0 Å². The van der Waals surface area contributed by atoms with E-state index in [2.05, 4.69) is 22.8 Å². The predicted octanol–water partition coefficient (Wildman–Crippen LogP) is 4.78.